The zero-order valence-corrected chi connectivity index (χ0v) is 8.68. The van der Waals surface area contributed by atoms with E-state index in [1.54, 1.807) is 0 Å². The molecule has 0 fully saturated rings. The zero-order valence-electron chi connectivity index (χ0n) is 8.68. The first-order chi connectivity index (χ1) is 6.11. The van der Waals surface area contributed by atoms with Crippen molar-refractivity contribution in [3.8, 4) is 0 Å². The van der Waals surface area contributed by atoms with Crippen LogP contribution in [0.4, 0.5) is 0 Å². The average Bonchev–Trinajstić information content (AvgIpc) is 2.37. The molecule has 13 heavy (non-hydrogen) atoms. The average molecular weight is 173 g/mol. The number of hydrogen-bond acceptors (Lipinski definition) is 0. The predicted molar refractivity (Wildman–Crippen MR) is 56.3 cm³/mol. The third kappa shape index (κ3) is 1.07. The Morgan fingerprint density at radius 1 is 0.846 bits per heavy atom. The van der Waals surface area contributed by atoms with E-state index in [4.69, 9.17) is 0 Å². The van der Waals surface area contributed by atoms with Gasteiger partial charge in [0.25, 0.3) is 0 Å². The van der Waals surface area contributed by atoms with Gasteiger partial charge in [0.15, 0.2) is 0 Å². The Hall–Kier alpha value is -1.24. The maximum Gasteiger partial charge on any atom is 0.0458 e. The lowest BCUT2D eigenvalue weighted by Crippen LogP contribution is -1.95. The molecule has 1 heteroatoms. The molecular weight excluding hydrogens is 158 g/mol. The second-order valence-electron chi connectivity index (χ2n) is 3.77. The molecule has 0 saturated heterocycles. The van der Waals surface area contributed by atoms with Crippen molar-refractivity contribution in [1.29, 1.82) is 0 Å². The summed E-state index contributed by atoms with van der Waals surface area (Å²) in [6.45, 7) is 8.67. The number of aryl methyl sites for hydroxylation is 4. The Morgan fingerprint density at radius 3 is 2.15 bits per heavy atom. The van der Waals surface area contributed by atoms with E-state index in [0.717, 1.165) is 0 Å². The van der Waals surface area contributed by atoms with E-state index in [9.17, 15) is 0 Å². The smallest absolute Gasteiger partial charge is 0.0458 e. The summed E-state index contributed by atoms with van der Waals surface area (Å²) < 4.78 is 2.32. The fourth-order valence-corrected chi connectivity index (χ4v) is 1.84. The number of pyridine rings is 1. The monoisotopic (exact) mass is 173 g/mol. The van der Waals surface area contributed by atoms with Gasteiger partial charge in [-0.1, -0.05) is 6.07 Å². The maximum absolute atomic E-state index is 2.32. The molecule has 68 valence electrons. The summed E-state index contributed by atoms with van der Waals surface area (Å²) >= 11 is 0. The first-order valence-corrected chi connectivity index (χ1v) is 4.66. The van der Waals surface area contributed by atoms with Gasteiger partial charge in [-0.3, -0.25) is 0 Å². The van der Waals surface area contributed by atoms with Crippen molar-refractivity contribution in [1.82, 2.24) is 4.40 Å². The zero-order chi connectivity index (χ0) is 9.59. The van der Waals surface area contributed by atoms with Gasteiger partial charge in [-0.2, -0.15) is 0 Å². The summed E-state index contributed by atoms with van der Waals surface area (Å²) in [6.07, 6.45) is 0. The van der Waals surface area contributed by atoms with Gasteiger partial charge in [-0.05, 0) is 51.0 Å². The first-order valence-electron chi connectivity index (χ1n) is 4.66. The third-order valence-corrected chi connectivity index (χ3v) is 2.94. The lowest BCUT2D eigenvalue weighted by Gasteiger charge is -2.06. The van der Waals surface area contributed by atoms with Crippen LogP contribution in [0.5, 0.6) is 0 Å². The summed E-state index contributed by atoms with van der Waals surface area (Å²) in [7, 11) is 0. The Labute approximate surface area is 79.0 Å². The summed E-state index contributed by atoms with van der Waals surface area (Å²) in [6, 6.07) is 6.60. The van der Waals surface area contributed by atoms with E-state index >= 15 is 0 Å². The number of aromatic nitrogens is 1. The van der Waals surface area contributed by atoms with Crippen LogP contribution in [0, 0.1) is 27.7 Å². The van der Waals surface area contributed by atoms with Crippen LogP contribution in [0.1, 0.15) is 22.5 Å². The maximum atomic E-state index is 2.32. The molecule has 0 aliphatic carbocycles. The van der Waals surface area contributed by atoms with Crippen LogP contribution < -0.4 is 0 Å². The van der Waals surface area contributed by atoms with Crippen LogP contribution in [-0.4, -0.2) is 4.40 Å². The van der Waals surface area contributed by atoms with Gasteiger partial charge in [-0.15, -0.1) is 0 Å². The predicted octanol–water partition coefficient (Wildman–Crippen LogP) is 3.17. The molecule has 0 bridgehead atoms. The van der Waals surface area contributed by atoms with Crippen molar-refractivity contribution in [3.05, 3.63) is 40.7 Å². The molecule has 0 unspecified atom stereocenters. The highest BCUT2D eigenvalue weighted by Gasteiger charge is 2.05. The van der Waals surface area contributed by atoms with Crippen molar-refractivity contribution in [2.45, 2.75) is 27.7 Å². The van der Waals surface area contributed by atoms with Gasteiger partial charge in [0.05, 0.1) is 0 Å². The molecule has 0 aromatic carbocycles. The van der Waals surface area contributed by atoms with E-state index in [0.29, 0.717) is 0 Å². The standard InChI is InChI=1S/C12H15N/c1-8-5-6-12-7-9(2)11(4)13(12)10(8)3/h5-7H,1-4H3. The van der Waals surface area contributed by atoms with E-state index in [-0.39, 0.29) is 0 Å². The number of hydrogen-bond donors (Lipinski definition) is 0. The van der Waals surface area contributed by atoms with Gasteiger partial charge in [0.1, 0.15) is 0 Å². The fourth-order valence-electron chi connectivity index (χ4n) is 1.84. The quantitative estimate of drug-likeness (QED) is 0.576. The molecule has 1 nitrogen and oxygen atoms in total. The molecule has 0 atom stereocenters. The van der Waals surface area contributed by atoms with Crippen molar-refractivity contribution in [2.24, 2.45) is 0 Å². The molecule has 2 rings (SSSR count). The highest BCUT2D eigenvalue weighted by atomic mass is 14.9. The van der Waals surface area contributed by atoms with Gasteiger partial charge in [0.2, 0.25) is 0 Å². The van der Waals surface area contributed by atoms with E-state index in [2.05, 4.69) is 50.3 Å². The highest BCUT2D eigenvalue weighted by Crippen LogP contribution is 2.19. The van der Waals surface area contributed by atoms with E-state index in [1.807, 2.05) is 0 Å². The first kappa shape index (κ1) is 8.36. The summed E-state index contributed by atoms with van der Waals surface area (Å²) in [5, 5.41) is 0. The van der Waals surface area contributed by atoms with Crippen molar-refractivity contribution >= 4 is 5.52 Å². The van der Waals surface area contributed by atoms with Crippen molar-refractivity contribution in [3.63, 3.8) is 0 Å². The minimum atomic E-state index is 1.30. The number of nitrogens with zero attached hydrogens (tertiary/aromatic N) is 1. The number of rotatable bonds is 0. The summed E-state index contributed by atoms with van der Waals surface area (Å²) in [4.78, 5) is 0. The minimum absolute atomic E-state index is 1.30. The van der Waals surface area contributed by atoms with Crippen LogP contribution in [0.2, 0.25) is 0 Å². The molecule has 2 aromatic heterocycles. The van der Waals surface area contributed by atoms with E-state index in [1.165, 1.54) is 28.0 Å². The number of fused-ring (bicyclic) bond motifs is 1. The summed E-state index contributed by atoms with van der Waals surface area (Å²) in [5.74, 6) is 0. The third-order valence-electron chi connectivity index (χ3n) is 2.94. The van der Waals surface area contributed by atoms with Crippen LogP contribution in [0.3, 0.4) is 0 Å². The highest BCUT2D eigenvalue weighted by molar-refractivity contribution is 5.55. The molecule has 0 radical (unpaired) electrons. The van der Waals surface area contributed by atoms with Gasteiger partial charge in [-0.25, -0.2) is 0 Å². The summed E-state index contributed by atoms with van der Waals surface area (Å²) in [5.41, 5.74) is 6.73. The van der Waals surface area contributed by atoms with E-state index < -0.39 is 0 Å². The van der Waals surface area contributed by atoms with Crippen molar-refractivity contribution in [2.75, 3.05) is 0 Å². The van der Waals surface area contributed by atoms with Gasteiger partial charge in [0, 0.05) is 16.9 Å². The van der Waals surface area contributed by atoms with Crippen LogP contribution in [-0.2, 0) is 0 Å². The lowest BCUT2D eigenvalue weighted by atomic mass is 10.2. The molecule has 0 spiro atoms. The fraction of sp³-hybridized carbons (Fsp3) is 0.333. The molecule has 0 aliphatic heterocycles. The minimum Gasteiger partial charge on any atom is -0.318 e. The second-order valence-corrected chi connectivity index (χ2v) is 3.77. The molecule has 0 N–H and O–H groups in total. The van der Waals surface area contributed by atoms with Crippen LogP contribution >= 0.6 is 0 Å². The molecule has 2 heterocycles. The Morgan fingerprint density at radius 2 is 1.46 bits per heavy atom. The molecule has 2 aromatic rings. The van der Waals surface area contributed by atoms with Crippen LogP contribution in [0.15, 0.2) is 18.2 Å². The Bertz CT molecular complexity index is 463. The molecule has 0 saturated carbocycles. The molecule has 0 amide bonds. The SMILES string of the molecule is Cc1ccc2cc(C)c(C)n2c1C. The largest absolute Gasteiger partial charge is 0.318 e. The lowest BCUT2D eigenvalue weighted by molar-refractivity contribution is 1.01. The molecule has 0 aliphatic rings. The Kier molecular flexibility index (Phi) is 1.69. The molecular formula is C12H15N. The van der Waals surface area contributed by atoms with Crippen LogP contribution in [0.25, 0.3) is 5.52 Å². The van der Waals surface area contributed by atoms with Gasteiger partial charge < -0.3 is 4.40 Å². The normalized spacial score (nSPS) is 11.1. The van der Waals surface area contributed by atoms with Gasteiger partial charge >= 0.3 is 0 Å². The second kappa shape index (κ2) is 2.63. The Balaban J connectivity index is 2.97. The topological polar surface area (TPSA) is 4.41 Å². The van der Waals surface area contributed by atoms with Crippen molar-refractivity contribution < 1.29 is 0 Å².